The zero-order valence-corrected chi connectivity index (χ0v) is 18.0. The van der Waals surface area contributed by atoms with E-state index in [-0.39, 0.29) is 31.0 Å². The molecule has 1 aliphatic heterocycles. The molecule has 0 radical (unpaired) electrons. The molecular formula is C21H22F4N2O4S. The molecular weight excluding hydrogens is 452 g/mol. The molecule has 32 heavy (non-hydrogen) atoms. The van der Waals surface area contributed by atoms with Crippen LogP contribution in [0.3, 0.4) is 0 Å². The number of nitrogens with zero attached hydrogens (tertiary/aromatic N) is 2. The summed E-state index contributed by atoms with van der Waals surface area (Å²) in [7, 11) is -3.83. The van der Waals surface area contributed by atoms with Crippen LogP contribution in [0, 0.1) is 12.7 Å². The largest absolute Gasteiger partial charge is 0.481 e. The Morgan fingerprint density at radius 2 is 1.72 bits per heavy atom. The number of aliphatic carboxylic acids is 1. The fourth-order valence-corrected chi connectivity index (χ4v) is 5.06. The van der Waals surface area contributed by atoms with E-state index in [4.69, 9.17) is 5.11 Å². The number of halogens is 4. The zero-order chi connectivity index (χ0) is 23.7. The van der Waals surface area contributed by atoms with Crippen molar-refractivity contribution in [3.05, 3.63) is 64.5 Å². The first-order valence-electron chi connectivity index (χ1n) is 9.77. The van der Waals surface area contributed by atoms with Gasteiger partial charge >= 0.3 is 12.1 Å². The van der Waals surface area contributed by atoms with Gasteiger partial charge in [-0.25, -0.2) is 12.8 Å². The minimum absolute atomic E-state index is 0.0117. The SMILES string of the molecule is Cc1ccc(S(=O)(=O)N2CCN(Cc3ccc(C(F)(F)F)c(F)c3)CC2)cc1CC(=O)O. The van der Waals surface area contributed by atoms with Crippen molar-refractivity contribution in [3.8, 4) is 0 Å². The van der Waals surface area contributed by atoms with Gasteiger partial charge in [0.25, 0.3) is 0 Å². The van der Waals surface area contributed by atoms with E-state index in [1.807, 2.05) is 4.90 Å². The quantitative estimate of drug-likeness (QED) is 0.651. The Hall–Kier alpha value is -2.50. The third-order valence-electron chi connectivity index (χ3n) is 5.38. The molecule has 0 spiro atoms. The number of hydrogen-bond donors (Lipinski definition) is 1. The van der Waals surface area contributed by atoms with Gasteiger partial charge in [0, 0.05) is 32.7 Å². The van der Waals surface area contributed by atoms with Crippen LogP contribution < -0.4 is 0 Å². The number of carbonyl (C=O) groups is 1. The van der Waals surface area contributed by atoms with Crippen LogP contribution in [0.5, 0.6) is 0 Å². The summed E-state index contributed by atoms with van der Waals surface area (Å²) >= 11 is 0. The van der Waals surface area contributed by atoms with Crippen LogP contribution in [0.4, 0.5) is 17.6 Å². The first-order valence-corrected chi connectivity index (χ1v) is 11.2. The summed E-state index contributed by atoms with van der Waals surface area (Å²) in [5.74, 6) is -2.40. The minimum Gasteiger partial charge on any atom is -0.481 e. The Morgan fingerprint density at radius 3 is 2.28 bits per heavy atom. The van der Waals surface area contributed by atoms with Gasteiger partial charge in [0.05, 0.1) is 16.9 Å². The van der Waals surface area contributed by atoms with Crippen molar-refractivity contribution in [2.75, 3.05) is 26.2 Å². The molecule has 0 atom stereocenters. The highest BCUT2D eigenvalue weighted by atomic mass is 32.2. The van der Waals surface area contributed by atoms with Gasteiger partial charge in [-0.05, 0) is 47.9 Å². The van der Waals surface area contributed by atoms with E-state index in [2.05, 4.69) is 0 Å². The second-order valence-corrected chi connectivity index (χ2v) is 9.59. The van der Waals surface area contributed by atoms with E-state index in [1.54, 1.807) is 13.0 Å². The molecule has 0 aromatic heterocycles. The normalized spacial score (nSPS) is 16.3. The van der Waals surface area contributed by atoms with Gasteiger partial charge < -0.3 is 5.11 Å². The van der Waals surface area contributed by atoms with Gasteiger partial charge in [0.15, 0.2) is 0 Å². The Balaban J connectivity index is 1.66. The fourth-order valence-electron chi connectivity index (χ4n) is 3.58. The maximum absolute atomic E-state index is 13.8. The molecule has 0 aliphatic carbocycles. The monoisotopic (exact) mass is 474 g/mol. The summed E-state index contributed by atoms with van der Waals surface area (Å²) in [5.41, 5.74) is 0.141. The molecule has 1 heterocycles. The maximum Gasteiger partial charge on any atom is 0.419 e. The van der Waals surface area contributed by atoms with Gasteiger partial charge in [-0.1, -0.05) is 12.1 Å². The molecule has 1 saturated heterocycles. The van der Waals surface area contributed by atoms with Gasteiger partial charge in [0.2, 0.25) is 10.0 Å². The van der Waals surface area contributed by atoms with Crippen LogP contribution in [-0.2, 0) is 34.0 Å². The van der Waals surface area contributed by atoms with Crippen LogP contribution in [0.25, 0.3) is 0 Å². The second-order valence-electron chi connectivity index (χ2n) is 7.65. The molecule has 2 aromatic carbocycles. The zero-order valence-electron chi connectivity index (χ0n) is 17.2. The highest BCUT2D eigenvalue weighted by Gasteiger charge is 2.34. The maximum atomic E-state index is 13.8. The lowest BCUT2D eigenvalue weighted by Gasteiger charge is -2.34. The van der Waals surface area contributed by atoms with Crippen molar-refractivity contribution in [1.29, 1.82) is 0 Å². The first kappa shape index (κ1) is 24.1. The summed E-state index contributed by atoms with van der Waals surface area (Å²) in [6.07, 6.45) is -5.05. The number of benzene rings is 2. The third kappa shape index (κ3) is 5.45. The van der Waals surface area contributed by atoms with E-state index >= 15 is 0 Å². The lowest BCUT2D eigenvalue weighted by molar-refractivity contribution is -0.140. The molecule has 0 amide bonds. The predicted octanol–water partition coefficient (Wildman–Crippen LogP) is 3.29. The van der Waals surface area contributed by atoms with E-state index < -0.39 is 33.5 Å². The summed E-state index contributed by atoms with van der Waals surface area (Å²) in [4.78, 5) is 12.9. The molecule has 0 saturated carbocycles. The molecule has 2 aromatic rings. The summed E-state index contributed by atoms with van der Waals surface area (Å²) < 4.78 is 79.1. The van der Waals surface area contributed by atoms with Gasteiger partial charge in [-0.2, -0.15) is 17.5 Å². The molecule has 1 fully saturated rings. The summed E-state index contributed by atoms with van der Waals surface area (Å²) in [6, 6.07) is 7.15. The van der Waals surface area contributed by atoms with Gasteiger partial charge in [-0.15, -0.1) is 0 Å². The van der Waals surface area contributed by atoms with Gasteiger partial charge in [0.1, 0.15) is 5.82 Å². The molecule has 1 N–H and O–H groups in total. The van der Waals surface area contributed by atoms with Gasteiger partial charge in [-0.3, -0.25) is 9.69 Å². The smallest absolute Gasteiger partial charge is 0.419 e. The lowest BCUT2D eigenvalue weighted by atomic mass is 10.1. The molecule has 1 aliphatic rings. The van der Waals surface area contributed by atoms with E-state index in [0.717, 1.165) is 6.07 Å². The summed E-state index contributed by atoms with van der Waals surface area (Å²) in [6.45, 7) is 2.82. The molecule has 0 bridgehead atoms. The highest BCUT2D eigenvalue weighted by Crippen LogP contribution is 2.32. The van der Waals surface area contributed by atoms with Crippen molar-refractivity contribution in [1.82, 2.24) is 9.21 Å². The van der Waals surface area contributed by atoms with Crippen LogP contribution in [0.1, 0.15) is 22.3 Å². The van der Waals surface area contributed by atoms with Crippen LogP contribution in [0.2, 0.25) is 0 Å². The van der Waals surface area contributed by atoms with E-state index in [9.17, 15) is 30.8 Å². The number of piperazine rings is 1. The van der Waals surface area contributed by atoms with Crippen LogP contribution in [0.15, 0.2) is 41.3 Å². The average Bonchev–Trinajstić information content (AvgIpc) is 2.68. The number of sulfonamides is 1. The average molecular weight is 474 g/mol. The van der Waals surface area contributed by atoms with Crippen molar-refractivity contribution < 1.29 is 35.9 Å². The second kappa shape index (κ2) is 9.16. The number of alkyl halides is 3. The number of hydrogen-bond acceptors (Lipinski definition) is 4. The Kier molecular flexibility index (Phi) is 6.91. The topological polar surface area (TPSA) is 77.9 Å². The molecule has 3 rings (SSSR count). The molecule has 0 unspecified atom stereocenters. The number of carboxylic acids is 1. The predicted molar refractivity (Wildman–Crippen MR) is 108 cm³/mol. The lowest BCUT2D eigenvalue weighted by Crippen LogP contribution is -2.48. The summed E-state index contributed by atoms with van der Waals surface area (Å²) in [5, 5.41) is 9.01. The molecule has 11 heteroatoms. The van der Waals surface area contributed by atoms with Crippen molar-refractivity contribution in [3.63, 3.8) is 0 Å². The number of aryl methyl sites for hydroxylation is 1. The fraction of sp³-hybridized carbons (Fsp3) is 0.381. The van der Waals surface area contributed by atoms with E-state index in [0.29, 0.717) is 35.8 Å². The molecule has 6 nitrogen and oxygen atoms in total. The van der Waals surface area contributed by atoms with Crippen molar-refractivity contribution in [2.45, 2.75) is 31.0 Å². The van der Waals surface area contributed by atoms with Crippen molar-refractivity contribution in [2.24, 2.45) is 0 Å². The van der Waals surface area contributed by atoms with Crippen LogP contribution >= 0.6 is 0 Å². The molecule has 174 valence electrons. The third-order valence-corrected chi connectivity index (χ3v) is 7.27. The highest BCUT2D eigenvalue weighted by molar-refractivity contribution is 7.89. The Morgan fingerprint density at radius 1 is 1.06 bits per heavy atom. The number of rotatable bonds is 6. The Labute approximate surface area is 183 Å². The minimum atomic E-state index is -4.76. The van der Waals surface area contributed by atoms with E-state index in [1.165, 1.54) is 22.5 Å². The Bertz CT molecular complexity index is 1110. The first-order chi connectivity index (χ1) is 14.9. The van der Waals surface area contributed by atoms with Crippen LogP contribution in [-0.4, -0.2) is 54.9 Å². The standard InChI is InChI=1S/C21H22F4N2O4S/c1-14-2-4-17(11-16(14)12-20(28)29)32(30,31)27-8-6-26(7-9-27)13-15-3-5-18(19(22)10-15)21(23,24)25/h2-5,10-11H,6-9,12-13H2,1H3,(H,28,29). The number of carboxylic acid groups (broad SMARTS) is 1. The van der Waals surface area contributed by atoms with Crippen molar-refractivity contribution >= 4 is 16.0 Å².